The third kappa shape index (κ3) is 2.53. The summed E-state index contributed by atoms with van der Waals surface area (Å²) < 4.78 is 0. The lowest BCUT2D eigenvalue weighted by atomic mass is 9.82. The van der Waals surface area contributed by atoms with Crippen LogP contribution in [0.3, 0.4) is 0 Å². The molecule has 1 saturated carbocycles. The summed E-state index contributed by atoms with van der Waals surface area (Å²) in [6.07, 6.45) is 5.17. The van der Waals surface area contributed by atoms with Crippen molar-refractivity contribution in [2.45, 2.75) is 26.7 Å². The van der Waals surface area contributed by atoms with Crippen LogP contribution < -0.4 is 11.1 Å². The molecule has 0 aliphatic heterocycles. The second-order valence-corrected chi connectivity index (χ2v) is 7.61. The summed E-state index contributed by atoms with van der Waals surface area (Å²) in [5, 5.41) is 12.7. The molecular formula is C17H20N2O4S. The fourth-order valence-electron chi connectivity index (χ4n) is 4.06. The van der Waals surface area contributed by atoms with Gasteiger partial charge in [0.05, 0.1) is 17.4 Å². The number of carbonyl (C=O) groups excluding carboxylic acids is 2. The van der Waals surface area contributed by atoms with Crippen molar-refractivity contribution >= 4 is 34.1 Å². The maximum Gasteiger partial charge on any atom is 0.307 e. The van der Waals surface area contributed by atoms with Gasteiger partial charge in [-0.15, -0.1) is 11.3 Å². The Morgan fingerprint density at radius 1 is 1.29 bits per heavy atom. The number of hydrogen-bond acceptors (Lipinski definition) is 4. The molecule has 1 aromatic heterocycles. The van der Waals surface area contributed by atoms with Gasteiger partial charge in [0.2, 0.25) is 5.91 Å². The Labute approximate surface area is 143 Å². The van der Waals surface area contributed by atoms with Crippen LogP contribution in [0.5, 0.6) is 0 Å². The summed E-state index contributed by atoms with van der Waals surface area (Å²) in [7, 11) is 0. The lowest BCUT2D eigenvalue weighted by Crippen LogP contribution is -2.36. The van der Waals surface area contributed by atoms with Crippen molar-refractivity contribution < 1.29 is 19.5 Å². The molecule has 2 bridgehead atoms. The number of thiophene rings is 1. The zero-order chi connectivity index (χ0) is 17.6. The Hall–Kier alpha value is -2.15. The number of carboxylic acid groups (broad SMARTS) is 1. The summed E-state index contributed by atoms with van der Waals surface area (Å²) in [4.78, 5) is 37.0. The zero-order valence-corrected chi connectivity index (χ0v) is 14.4. The van der Waals surface area contributed by atoms with E-state index in [1.165, 1.54) is 11.3 Å². The molecule has 7 heteroatoms. The van der Waals surface area contributed by atoms with Crippen LogP contribution in [-0.2, 0) is 16.0 Å². The smallest absolute Gasteiger partial charge is 0.307 e. The number of nitrogens with two attached hydrogens (primary N) is 1. The largest absolute Gasteiger partial charge is 0.481 e. The molecule has 3 rings (SSSR count). The first kappa shape index (κ1) is 16.7. The average molecular weight is 348 g/mol. The first-order chi connectivity index (χ1) is 11.3. The van der Waals surface area contributed by atoms with E-state index in [1.54, 1.807) is 0 Å². The number of rotatable bonds is 5. The first-order valence-corrected chi connectivity index (χ1v) is 8.80. The summed E-state index contributed by atoms with van der Waals surface area (Å²) in [5.74, 6) is -3.32. The van der Waals surface area contributed by atoms with Crippen molar-refractivity contribution in [2.24, 2.45) is 29.4 Å². The van der Waals surface area contributed by atoms with Gasteiger partial charge in [0.15, 0.2) is 0 Å². The number of carboxylic acids is 1. The van der Waals surface area contributed by atoms with Crippen molar-refractivity contribution in [3.63, 3.8) is 0 Å². The van der Waals surface area contributed by atoms with Gasteiger partial charge in [0.1, 0.15) is 5.00 Å². The van der Waals surface area contributed by atoms with E-state index in [1.807, 2.05) is 26.0 Å². The van der Waals surface area contributed by atoms with Gasteiger partial charge in [0.25, 0.3) is 5.91 Å². The van der Waals surface area contributed by atoms with E-state index in [9.17, 15) is 19.5 Å². The zero-order valence-electron chi connectivity index (χ0n) is 13.5. The van der Waals surface area contributed by atoms with Crippen LogP contribution in [-0.4, -0.2) is 22.9 Å². The maximum absolute atomic E-state index is 12.7. The quantitative estimate of drug-likeness (QED) is 0.708. The van der Waals surface area contributed by atoms with Crippen LogP contribution in [0.25, 0.3) is 0 Å². The summed E-state index contributed by atoms with van der Waals surface area (Å²) >= 11 is 1.31. The van der Waals surface area contributed by atoms with Gasteiger partial charge in [-0.3, -0.25) is 14.4 Å². The molecule has 6 nitrogen and oxygen atoms in total. The number of nitrogens with one attached hydrogen (secondary N) is 1. The standard InChI is InChI=1S/C17H20N2O4S/c1-3-10-7(2)24-16(13(10)14(18)20)19-15(21)11-8-4-5-9(6-8)12(11)17(22)23/h4-5,8-9,11-12H,3,6H2,1-2H3,(H2,18,20)(H,19,21)(H,22,23)/t8-,9-,11+,12-/m0/s1. The predicted octanol–water partition coefficient (Wildman–Crippen LogP) is 2.18. The van der Waals surface area contributed by atoms with Gasteiger partial charge >= 0.3 is 5.97 Å². The van der Waals surface area contributed by atoms with Gasteiger partial charge in [-0.2, -0.15) is 0 Å². The second-order valence-electron chi connectivity index (χ2n) is 6.39. The van der Waals surface area contributed by atoms with Crippen molar-refractivity contribution in [1.29, 1.82) is 0 Å². The molecule has 0 unspecified atom stereocenters. The Bertz CT molecular complexity index is 752. The van der Waals surface area contributed by atoms with E-state index in [-0.39, 0.29) is 17.7 Å². The molecule has 0 aromatic carbocycles. The maximum atomic E-state index is 12.7. The molecule has 24 heavy (non-hydrogen) atoms. The molecule has 2 amide bonds. The fourth-order valence-corrected chi connectivity index (χ4v) is 5.22. The third-order valence-electron chi connectivity index (χ3n) is 5.09. The lowest BCUT2D eigenvalue weighted by molar-refractivity contribution is -0.146. The molecule has 128 valence electrons. The van der Waals surface area contributed by atoms with E-state index in [4.69, 9.17) is 5.73 Å². The van der Waals surface area contributed by atoms with Crippen LogP contribution in [0.2, 0.25) is 0 Å². The minimum atomic E-state index is -0.946. The summed E-state index contributed by atoms with van der Waals surface area (Å²) in [6.45, 7) is 3.81. The number of hydrogen-bond donors (Lipinski definition) is 3. The molecule has 2 aliphatic rings. The number of carbonyl (C=O) groups is 3. The van der Waals surface area contributed by atoms with Crippen molar-refractivity contribution in [2.75, 3.05) is 5.32 Å². The lowest BCUT2D eigenvalue weighted by Gasteiger charge is -2.23. The van der Waals surface area contributed by atoms with Gasteiger partial charge < -0.3 is 16.2 Å². The van der Waals surface area contributed by atoms with Crippen molar-refractivity contribution in [3.05, 3.63) is 28.2 Å². The minimum absolute atomic E-state index is 0.0557. The van der Waals surface area contributed by atoms with Crippen LogP contribution in [0.4, 0.5) is 5.00 Å². The van der Waals surface area contributed by atoms with Crippen LogP contribution in [0.15, 0.2) is 12.2 Å². The molecule has 1 aromatic rings. The molecule has 1 fully saturated rings. The Morgan fingerprint density at radius 2 is 1.92 bits per heavy atom. The highest BCUT2D eigenvalue weighted by Crippen LogP contribution is 2.48. The number of amides is 2. The second kappa shape index (κ2) is 6.05. The Balaban J connectivity index is 1.89. The highest BCUT2D eigenvalue weighted by molar-refractivity contribution is 7.16. The molecule has 4 atom stereocenters. The molecule has 4 N–H and O–H groups in total. The predicted molar refractivity (Wildman–Crippen MR) is 90.9 cm³/mol. The molecule has 0 saturated heterocycles. The van der Waals surface area contributed by atoms with E-state index in [2.05, 4.69) is 5.32 Å². The van der Waals surface area contributed by atoms with Gasteiger partial charge in [-0.1, -0.05) is 19.1 Å². The topological polar surface area (TPSA) is 109 Å². The number of aliphatic carboxylic acids is 1. The van der Waals surface area contributed by atoms with Crippen molar-refractivity contribution in [1.82, 2.24) is 0 Å². The monoisotopic (exact) mass is 348 g/mol. The Kier molecular flexibility index (Phi) is 4.21. The number of anilines is 1. The van der Waals surface area contributed by atoms with E-state index < -0.39 is 23.7 Å². The van der Waals surface area contributed by atoms with Crippen molar-refractivity contribution in [3.8, 4) is 0 Å². The SMILES string of the molecule is CCc1c(C)sc(NC(=O)[C@H]2[C@@H](C(=O)O)[C@H]3C=C[C@H]2C3)c1C(N)=O. The fraction of sp³-hybridized carbons (Fsp3) is 0.471. The van der Waals surface area contributed by atoms with Crippen LogP contribution >= 0.6 is 11.3 Å². The molecular weight excluding hydrogens is 328 g/mol. The highest BCUT2D eigenvalue weighted by Gasteiger charge is 2.51. The summed E-state index contributed by atoms with van der Waals surface area (Å²) in [6, 6.07) is 0. The minimum Gasteiger partial charge on any atom is -0.481 e. The molecule has 1 heterocycles. The number of fused-ring (bicyclic) bond motifs is 2. The van der Waals surface area contributed by atoms with Crippen LogP contribution in [0, 0.1) is 30.6 Å². The van der Waals surface area contributed by atoms with Gasteiger partial charge in [-0.05, 0) is 37.2 Å². The van der Waals surface area contributed by atoms with Gasteiger partial charge in [-0.25, -0.2) is 0 Å². The third-order valence-corrected chi connectivity index (χ3v) is 6.16. The first-order valence-electron chi connectivity index (χ1n) is 7.99. The average Bonchev–Trinajstić information content (AvgIpc) is 3.18. The van der Waals surface area contributed by atoms with Gasteiger partial charge in [0, 0.05) is 4.88 Å². The highest BCUT2D eigenvalue weighted by atomic mass is 32.1. The Morgan fingerprint density at radius 3 is 2.46 bits per heavy atom. The molecule has 0 radical (unpaired) electrons. The van der Waals surface area contributed by atoms with E-state index >= 15 is 0 Å². The van der Waals surface area contributed by atoms with E-state index in [0.29, 0.717) is 23.4 Å². The molecule has 0 spiro atoms. The number of aryl methyl sites for hydroxylation is 1. The van der Waals surface area contributed by atoms with Crippen LogP contribution in [0.1, 0.15) is 34.1 Å². The number of primary amides is 1. The number of allylic oxidation sites excluding steroid dienone is 2. The summed E-state index contributed by atoms with van der Waals surface area (Å²) in [5.41, 5.74) is 6.67. The normalized spacial score (nSPS) is 27.4. The molecule has 2 aliphatic carbocycles. The van der Waals surface area contributed by atoms with E-state index in [0.717, 1.165) is 10.4 Å².